The van der Waals surface area contributed by atoms with Crippen LogP contribution in [0.2, 0.25) is 5.02 Å². The first-order valence-electron chi connectivity index (χ1n) is 10.6. The maximum atomic E-state index is 12.6. The Balaban J connectivity index is 1.36. The molecule has 3 aromatic rings. The molecule has 0 spiro atoms. The van der Waals surface area contributed by atoms with Crippen LogP contribution in [0, 0.1) is 0 Å². The molecule has 1 amide bonds. The highest BCUT2D eigenvalue weighted by atomic mass is 35.5. The second-order valence-electron chi connectivity index (χ2n) is 8.32. The molecule has 1 aromatic heterocycles. The van der Waals surface area contributed by atoms with Crippen LogP contribution < -0.4 is 5.32 Å². The van der Waals surface area contributed by atoms with Crippen molar-refractivity contribution in [3.8, 4) is 0 Å². The van der Waals surface area contributed by atoms with Crippen molar-refractivity contribution >= 4 is 44.1 Å². The minimum absolute atomic E-state index is 0.0264. The van der Waals surface area contributed by atoms with E-state index in [1.165, 1.54) is 37.2 Å². The number of carbonyl (C=O) groups excluding carboxylic acids is 1. The minimum atomic E-state index is -3.70. The van der Waals surface area contributed by atoms with Gasteiger partial charge in [0, 0.05) is 36.9 Å². The summed E-state index contributed by atoms with van der Waals surface area (Å²) in [5, 5.41) is 4.20. The summed E-state index contributed by atoms with van der Waals surface area (Å²) in [6.07, 6.45) is 4.08. The van der Waals surface area contributed by atoms with Gasteiger partial charge in [0.1, 0.15) is 4.90 Å². The van der Waals surface area contributed by atoms with Gasteiger partial charge in [-0.05, 0) is 61.7 Å². The number of aromatic amines is 1. The van der Waals surface area contributed by atoms with Gasteiger partial charge in [0.25, 0.3) is 0 Å². The van der Waals surface area contributed by atoms with Crippen LogP contribution in [0.25, 0.3) is 10.9 Å². The lowest BCUT2D eigenvalue weighted by molar-refractivity contribution is -0.117. The Hall–Kier alpha value is -2.39. The predicted octanol–water partition coefficient (Wildman–Crippen LogP) is 3.89. The van der Waals surface area contributed by atoms with Crippen LogP contribution >= 0.6 is 11.6 Å². The van der Waals surface area contributed by atoms with Gasteiger partial charge in [0.05, 0.1) is 11.6 Å². The van der Waals surface area contributed by atoms with E-state index in [2.05, 4.69) is 39.6 Å². The summed E-state index contributed by atoms with van der Waals surface area (Å²) in [4.78, 5) is 18.1. The first kappa shape index (κ1) is 22.8. The van der Waals surface area contributed by atoms with E-state index in [0.717, 1.165) is 35.8 Å². The van der Waals surface area contributed by atoms with Crippen molar-refractivity contribution in [1.29, 1.82) is 0 Å². The van der Waals surface area contributed by atoms with Gasteiger partial charge in [-0.1, -0.05) is 29.8 Å². The molecule has 2 N–H and O–H groups in total. The summed E-state index contributed by atoms with van der Waals surface area (Å²) in [6, 6.07) is 12.8. The number of halogens is 1. The lowest BCUT2D eigenvalue weighted by Crippen LogP contribution is -2.38. The average Bonchev–Trinajstić information content (AvgIpc) is 3.19. The molecule has 9 heteroatoms. The molecule has 1 aliphatic heterocycles. The Morgan fingerprint density at radius 1 is 1.19 bits per heavy atom. The highest BCUT2D eigenvalue weighted by molar-refractivity contribution is 7.89. The quantitative estimate of drug-likeness (QED) is 0.567. The molecule has 0 atom stereocenters. The topological polar surface area (TPSA) is 85.5 Å². The number of likely N-dealkylation sites (tertiary alicyclic amines) is 1. The number of nitrogens with one attached hydrogen (secondary N) is 2. The van der Waals surface area contributed by atoms with Gasteiger partial charge in [0.15, 0.2) is 0 Å². The highest BCUT2D eigenvalue weighted by Gasteiger charge is 2.25. The van der Waals surface area contributed by atoms with Crippen LogP contribution in [0.15, 0.2) is 53.6 Å². The summed E-state index contributed by atoms with van der Waals surface area (Å²) < 4.78 is 26.0. The maximum absolute atomic E-state index is 12.6. The fourth-order valence-electron chi connectivity index (χ4n) is 4.21. The molecule has 0 saturated carbocycles. The zero-order chi connectivity index (χ0) is 22.9. The van der Waals surface area contributed by atoms with Crippen molar-refractivity contribution < 1.29 is 13.2 Å². The van der Waals surface area contributed by atoms with E-state index >= 15 is 0 Å². The van der Waals surface area contributed by atoms with Crippen LogP contribution in [-0.4, -0.2) is 62.2 Å². The first-order chi connectivity index (χ1) is 15.3. The Bertz CT molecular complexity index is 1230. The number of aromatic nitrogens is 1. The lowest BCUT2D eigenvalue weighted by atomic mass is 9.89. The number of sulfonamides is 1. The first-order valence-corrected chi connectivity index (χ1v) is 12.4. The fourth-order valence-corrected chi connectivity index (χ4v) is 5.61. The van der Waals surface area contributed by atoms with Crippen molar-refractivity contribution in [3.05, 3.63) is 59.2 Å². The normalized spacial score (nSPS) is 16.0. The number of fused-ring (bicyclic) bond motifs is 1. The predicted molar refractivity (Wildman–Crippen MR) is 128 cm³/mol. The maximum Gasteiger partial charge on any atom is 0.244 e. The number of piperidine rings is 1. The second kappa shape index (κ2) is 9.23. The van der Waals surface area contributed by atoms with Crippen molar-refractivity contribution in [1.82, 2.24) is 14.2 Å². The molecular weight excluding hydrogens is 448 g/mol. The number of rotatable bonds is 6. The SMILES string of the molecule is CN(C)S(=O)(=O)c1cc(NC(=O)CN2CCC(c3c[nH]c4ccccc34)CC2)ccc1Cl. The van der Waals surface area contributed by atoms with Gasteiger partial charge in [-0.3, -0.25) is 9.69 Å². The third kappa shape index (κ3) is 4.68. The summed E-state index contributed by atoms with van der Waals surface area (Å²) in [5.41, 5.74) is 2.91. The lowest BCUT2D eigenvalue weighted by Gasteiger charge is -2.31. The van der Waals surface area contributed by atoms with E-state index in [4.69, 9.17) is 11.6 Å². The van der Waals surface area contributed by atoms with Crippen LogP contribution in [0.1, 0.15) is 24.3 Å². The molecule has 2 heterocycles. The number of amides is 1. The third-order valence-electron chi connectivity index (χ3n) is 5.99. The van der Waals surface area contributed by atoms with Gasteiger partial charge in [-0.2, -0.15) is 0 Å². The zero-order valence-corrected chi connectivity index (χ0v) is 19.7. The standard InChI is InChI=1S/C23H27ClN4O3S/c1-27(2)32(30,31)22-13-17(7-8-20(22)24)26-23(29)15-28-11-9-16(10-12-28)19-14-25-21-6-4-3-5-18(19)21/h3-8,13-14,16,25H,9-12,15H2,1-2H3,(H,26,29). The molecule has 4 rings (SSSR count). The van der Waals surface area contributed by atoms with Gasteiger partial charge in [0.2, 0.25) is 15.9 Å². The molecule has 2 aromatic carbocycles. The number of carbonyl (C=O) groups is 1. The largest absolute Gasteiger partial charge is 0.361 e. The van der Waals surface area contributed by atoms with Crippen molar-refractivity contribution in [3.63, 3.8) is 0 Å². The van der Waals surface area contributed by atoms with Crippen molar-refractivity contribution in [2.75, 3.05) is 39.0 Å². The Morgan fingerprint density at radius 2 is 1.91 bits per heavy atom. The molecule has 0 bridgehead atoms. The van der Waals surface area contributed by atoms with Crippen molar-refractivity contribution in [2.45, 2.75) is 23.7 Å². The zero-order valence-electron chi connectivity index (χ0n) is 18.1. The van der Waals surface area contributed by atoms with E-state index in [-0.39, 0.29) is 22.4 Å². The third-order valence-corrected chi connectivity index (χ3v) is 8.29. The minimum Gasteiger partial charge on any atom is -0.361 e. The molecule has 7 nitrogen and oxygen atoms in total. The van der Waals surface area contributed by atoms with Crippen LogP contribution in [0.5, 0.6) is 0 Å². The molecule has 1 saturated heterocycles. The molecular formula is C23H27ClN4O3S. The number of H-pyrrole nitrogens is 1. The van der Waals surface area contributed by atoms with Crippen LogP contribution in [-0.2, 0) is 14.8 Å². The summed E-state index contributed by atoms with van der Waals surface area (Å²) in [7, 11) is -0.817. The van der Waals surface area contributed by atoms with Gasteiger partial charge in [-0.15, -0.1) is 0 Å². The Labute approximate surface area is 193 Å². The second-order valence-corrected chi connectivity index (χ2v) is 10.8. The molecule has 1 aliphatic rings. The number of hydrogen-bond donors (Lipinski definition) is 2. The molecule has 0 radical (unpaired) electrons. The smallest absolute Gasteiger partial charge is 0.244 e. The van der Waals surface area contributed by atoms with Crippen LogP contribution in [0.4, 0.5) is 5.69 Å². The molecule has 0 unspecified atom stereocenters. The number of para-hydroxylation sites is 1. The Morgan fingerprint density at radius 3 is 2.62 bits per heavy atom. The molecule has 32 heavy (non-hydrogen) atoms. The van der Waals surface area contributed by atoms with E-state index in [0.29, 0.717) is 11.6 Å². The summed E-state index contributed by atoms with van der Waals surface area (Å²) in [6.45, 7) is 1.93. The van der Waals surface area contributed by atoms with E-state index in [1.54, 1.807) is 6.07 Å². The van der Waals surface area contributed by atoms with Crippen LogP contribution in [0.3, 0.4) is 0 Å². The number of anilines is 1. The Kier molecular flexibility index (Phi) is 6.57. The van der Waals surface area contributed by atoms with Gasteiger partial charge < -0.3 is 10.3 Å². The number of benzene rings is 2. The summed E-state index contributed by atoms with van der Waals surface area (Å²) in [5.74, 6) is 0.298. The fraction of sp³-hybridized carbons (Fsp3) is 0.348. The molecule has 170 valence electrons. The van der Waals surface area contributed by atoms with Crippen molar-refractivity contribution in [2.24, 2.45) is 0 Å². The average molecular weight is 475 g/mol. The van der Waals surface area contributed by atoms with E-state index in [9.17, 15) is 13.2 Å². The van der Waals surface area contributed by atoms with Gasteiger partial charge >= 0.3 is 0 Å². The molecule has 0 aliphatic carbocycles. The number of hydrogen-bond acceptors (Lipinski definition) is 4. The monoisotopic (exact) mass is 474 g/mol. The summed E-state index contributed by atoms with van der Waals surface area (Å²) >= 11 is 6.08. The van der Waals surface area contributed by atoms with E-state index in [1.807, 2.05) is 6.07 Å². The number of nitrogens with zero attached hydrogens (tertiary/aromatic N) is 2. The highest BCUT2D eigenvalue weighted by Crippen LogP contribution is 2.33. The van der Waals surface area contributed by atoms with E-state index < -0.39 is 10.0 Å². The molecule has 1 fully saturated rings. The van der Waals surface area contributed by atoms with Gasteiger partial charge in [-0.25, -0.2) is 12.7 Å².